The van der Waals surface area contributed by atoms with Crippen LogP contribution in [0.2, 0.25) is 0 Å². The van der Waals surface area contributed by atoms with Crippen molar-refractivity contribution in [3.05, 3.63) is 12.1 Å². The maximum Gasteiger partial charge on any atom is 0.265 e. The Bertz CT molecular complexity index is 609. The highest BCUT2D eigenvalue weighted by atomic mass is 35.7. The summed E-state index contributed by atoms with van der Waals surface area (Å²) in [5, 5.41) is 0. The Kier molecular flexibility index (Phi) is 6.38. The minimum absolute atomic E-state index is 0.0973. The summed E-state index contributed by atoms with van der Waals surface area (Å²) in [4.78, 5) is -0.130. The van der Waals surface area contributed by atoms with E-state index in [2.05, 4.69) is 0 Å². The Hall–Kier alpha value is -1.14. The predicted molar refractivity (Wildman–Crippen MR) is 86.8 cm³/mol. The summed E-state index contributed by atoms with van der Waals surface area (Å²) in [6.45, 7) is 11.0. The molecule has 0 spiro atoms. The molecule has 126 valence electrons. The molecule has 1 aromatic rings. The van der Waals surface area contributed by atoms with Gasteiger partial charge in [-0.3, -0.25) is 0 Å². The van der Waals surface area contributed by atoms with E-state index in [1.54, 1.807) is 13.8 Å². The monoisotopic (exact) mass is 350 g/mol. The van der Waals surface area contributed by atoms with Gasteiger partial charge in [0.1, 0.15) is 10.6 Å². The van der Waals surface area contributed by atoms with Crippen LogP contribution < -0.4 is 14.2 Å². The van der Waals surface area contributed by atoms with Crippen molar-refractivity contribution in [2.45, 2.75) is 64.7 Å². The van der Waals surface area contributed by atoms with Crippen LogP contribution in [0.1, 0.15) is 41.5 Å². The van der Waals surface area contributed by atoms with E-state index < -0.39 is 9.05 Å². The highest BCUT2D eigenvalue weighted by Crippen LogP contribution is 2.40. The predicted octanol–water partition coefficient (Wildman–Crippen LogP) is 3.98. The van der Waals surface area contributed by atoms with E-state index in [1.165, 1.54) is 12.1 Å². The van der Waals surface area contributed by atoms with E-state index in [9.17, 15) is 8.42 Å². The van der Waals surface area contributed by atoms with Crippen molar-refractivity contribution < 1.29 is 22.6 Å². The Morgan fingerprint density at radius 3 is 1.50 bits per heavy atom. The summed E-state index contributed by atoms with van der Waals surface area (Å²) >= 11 is 0. The molecular formula is C15H23ClO5S. The number of ether oxygens (including phenoxy) is 3. The number of benzene rings is 1. The summed E-state index contributed by atoms with van der Waals surface area (Å²) in [7, 11) is 1.54. The SMILES string of the molecule is CC(C)Oc1cc(OC(C)C)c(S(=O)(=O)Cl)cc1OC(C)C. The minimum Gasteiger partial charge on any atom is -0.489 e. The van der Waals surface area contributed by atoms with Crippen LogP contribution in [0.3, 0.4) is 0 Å². The van der Waals surface area contributed by atoms with Gasteiger partial charge in [0.2, 0.25) is 0 Å². The molecule has 0 bridgehead atoms. The number of halogens is 1. The van der Waals surface area contributed by atoms with E-state index >= 15 is 0 Å². The first-order valence-corrected chi connectivity index (χ1v) is 9.44. The second-order valence-corrected chi connectivity index (χ2v) is 8.22. The fraction of sp³-hybridized carbons (Fsp3) is 0.600. The van der Waals surface area contributed by atoms with Gasteiger partial charge in [0.15, 0.2) is 11.5 Å². The quantitative estimate of drug-likeness (QED) is 0.696. The zero-order chi connectivity index (χ0) is 17.1. The molecule has 1 rings (SSSR count). The van der Waals surface area contributed by atoms with E-state index in [0.717, 1.165) is 0 Å². The highest BCUT2D eigenvalue weighted by Gasteiger charge is 2.23. The molecule has 0 saturated heterocycles. The third-order valence-corrected chi connectivity index (χ3v) is 3.70. The van der Waals surface area contributed by atoms with Gasteiger partial charge in [-0.25, -0.2) is 8.42 Å². The van der Waals surface area contributed by atoms with Crippen LogP contribution in [-0.2, 0) is 9.05 Å². The van der Waals surface area contributed by atoms with Gasteiger partial charge < -0.3 is 14.2 Å². The van der Waals surface area contributed by atoms with Crippen LogP contribution in [0.25, 0.3) is 0 Å². The first kappa shape index (κ1) is 18.9. The molecule has 1 aromatic carbocycles. The molecular weight excluding hydrogens is 328 g/mol. The third-order valence-electron chi connectivity index (χ3n) is 2.36. The Morgan fingerprint density at radius 2 is 1.14 bits per heavy atom. The van der Waals surface area contributed by atoms with Gasteiger partial charge in [0, 0.05) is 22.8 Å². The molecule has 0 N–H and O–H groups in total. The van der Waals surface area contributed by atoms with Gasteiger partial charge in [-0.1, -0.05) is 0 Å². The van der Waals surface area contributed by atoms with E-state index in [1.807, 2.05) is 27.7 Å². The molecule has 5 nitrogen and oxygen atoms in total. The highest BCUT2D eigenvalue weighted by molar-refractivity contribution is 8.13. The molecule has 22 heavy (non-hydrogen) atoms. The van der Waals surface area contributed by atoms with Gasteiger partial charge in [0.05, 0.1) is 18.3 Å². The number of hydrogen-bond acceptors (Lipinski definition) is 5. The third kappa shape index (κ3) is 5.57. The molecule has 0 heterocycles. The van der Waals surface area contributed by atoms with Crippen LogP contribution in [-0.4, -0.2) is 26.7 Å². The standard InChI is InChI=1S/C15H23ClO5S/c1-9(2)19-12-7-14(21-11(5)6)15(22(16,17)18)8-13(12)20-10(3)4/h7-11H,1-6H3. The Labute approximate surface area is 136 Å². The van der Waals surface area contributed by atoms with Crippen molar-refractivity contribution in [1.82, 2.24) is 0 Å². The molecule has 0 unspecified atom stereocenters. The Morgan fingerprint density at radius 1 is 0.773 bits per heavy atom. The first-order chi connectivity index (χ1) is 10.0. The van der Waals surface area contributed by atoms with Crippen molar-refractivity contribution >= 4 is 19.7 Å². The van der Waals surface area contributed by atoms with Crippen LogP contribution in [0, 0.1) is 0 Å². The summed E-state index contributed by atoms with van der Waals surface area (Å²) in [5.74, 6) is 0.888. The maximum atomic E-state index is 11.8. The lowest BCUT2D eigenvalue weighted by Crippen LogP contribution is -2.13. The molecule has 0 aliphatic heterocycles. The molecule has 0 atom stereocenters. The maximum absolute atomic E-state index is 11.8. The molecule has 7 heteroatoms. The number of rotatable bonds is 7. The second kappa shape index (κ2) is 7.42. The van der Waals surface area contributed by atoms with Gasteiger partial charge in [0.25, 0.3) is 9.05 Å². The van der Waals surface area contributed by atoms with Crippen molar-refractivity contribution in [2.24, 2.45) is 0 Å². The normalized spacial score (nSPS) is 12.1. The fourth-order valence-corrected chi connectivity index (χ4v) is 2.71. The molecule has 0 aliphatic rings. The molecule has 0 saturated carbocycles. The largest absolute Gasteiger partial charge is 0.489 e. The molecule has 0 aromatic heterocycles. The Balaban J connectivity index is 3.48. The van der Waals surface area contributed by atoms with Gasteiger partial charge in [-0.2, -0.15) is 0 Å². The minimum atomic E-state index is -3.97. The van der Waals surface area contributed by atoms with E-state index in [4.69, 9.17) is 24.9 Å². The average Bonchev–Trinajstić information content (AvgIpc) is 2.28. The van der Waals surface area contributed by atoms with Crippen LogP contribution in [0.15, 0.2) is 17.0 Å². The average molecular weight is 351 g/mol. The molecule has 0 fully saturated rings. The van der Waals surface area contributed by atoms with Crippen LogP contribution >= 0.6 is 10.7 Å². The van der Waals surface area contributed by atoms with Crippen molar-refractivity contribution in [3.8, 4) is 17.2 Å². The summed E-state index contributed by atoms with van der Waals surface area (Å²) in [6, 6.07) is 2.85. The zero-order valence-electron chi connectivity index (χ0n) is 13.7. The lowest BCUT2D eigenvalue weighted by molar-refractivity contribution is 0.193. The smallest absolute Gasteiger partial charge is 0.265 e. The molecule has 0 amide bonds. The van der Waals surface area contributed by atoms with E-state index in [0.29, 0.717) is 11.5 Å². The van der Waals surface area contributed by atoms with E-state index in [-0.39, 0.29) is 29.0 Å². The first-order valence-electron chi connectivity index (χ1n) is 7.13. The van der Waals surface area contributed by atoms with Crippen molar-refractivity contribution in [3.63, 3.8) is 0 Å². The summed E-state index contributed by atoms with van der Waals surface area (Å²) in [5.41, 5.74) is 0. The molecule has 0 aliphatic carbocycles. The summed E-state index contributed by atoms with van der Waals surface area (Å²) in [6.07, 6.45) is -0.446. The number of hydrogen-bond donors (Lipinski definition) is 0. The van der Waals surface area contributed by atoms with Crippen molar-refractivity contribution in [2.75, 3.05) is 0 Å². The zero-order valence-corrected chi connectivity index (χ0v) is 15.3. The van der Waals surface area contributed by atoms with Crippen LogP contribution in [0.4, 0.5) is 0 Å². The topological polar surface area (TPSA) is 61.8 Å². The lowest BCUT2D eigenvalue weighted by Gasteiger charge is -2.20. The molecule has 0 radical (unpaired) electrons. The van der Waals surface area contributed by atoms with Gasteiger partial charge in [-0.15, -0.1) is 0 Å². The van der Waals surface area contributed by atoms with Gasteiger partial charge in [-0.05, 0) is 41.5 Å². The fourth-order valence-electron chi connectivity index (χ4n) is 1.75. The van der Waals surface area contributed by atoms with Crippen molar-refractivity contribution in [1.29, 1.82) is 0 Å². The lowest BCUT2D eigenvalue weighted by atomic mass is 10.2. The van der Waals surface area contributed by atoms with Crippen LogP contribution in [0.5, 0.6) is 17.2 Å². The van der Waals surface area contributed by atoms with Gasteiger partial charge >= 0.3 is 0 Å². The summed E-state index contributed by atoms with van der Waals surface area (Å²) < 4.78 is 40.5. The second-order valence-electron chi connectivity index (χ2n) is 5.68.